The standard InChI is InChI=1S/C14H28N4O/c1-6-19-9-13(12(4)5)15-7-14-16-10-17-18(14)8-11(2)3/h10-13,15H,6-9H2,1-5H3. The highest BCUT2D eigenvalue weighted by Crippen LogP contribution is 2.05. The van der Waals surface area contributed by atoms with E-state index in [-0.39, 0.29) is 0 Å². The molecule has 1 aromatic heterocycles. The fraction of sp³-hybridized carbons (Fsp3) is 0.857. The fourth-order valence-electron chi connectivity index (χ4n) is 1.88. The van der Waals surface area contributed by atoms with Crippen LogP contribution in [-0.2, 0) is 17.8 Å². The lowest BCUT2D eigenvalue weighted by atomic mass is 10.1. The van der Waals surface area contributed by atoms with Gasteiger partial charge in [0, 0.05) is 19.2 Å². The van der Waals surface area contributed by atoms with Crippen molar-refractivity contribution < 1.29 is 4.74 Å². The Balaban J connectivity index is 2.51. The SMILES string of the molecule is CCOCC(NCc1ncnn1CC(C)C)C(C)C. The summed E-state index contributed by atoms with van der Waals surface area (Å²) in [5.74, 6) is 2.11. The van der Waals surface area contributed by atoms with Crippen LogP contribution < -0.4 is 5.32 Å². The molecule has 5 nitrogen and oxygen atoms in total. The van der Waals surface area contributed by atoms with E-state index in [2.05, 4.69) is 43.1 Å². The molecule has 0 spiro atoms. The number of hydrogen-bond acceptors (Lipinski definition) is 4. The van der Waals surface area contributed by atoms with Gasteiger partial charge < -0.3 is 10.1 Å². The maximum absolute atomic E-state index is 5.52. The molecular formula is C14H28N4O. The summed E-state index contributed by atoms with van der Waals surface area (Å²) < 4.78 is 7.50. The smallest absolute Gasteiger partial charge is 0.140 e. The van der Waals surface area contributed by atoms with Crippen LogP contribution in [-0.4, -0.2) is 34.0 Å². The highest BCUT2D eigenvalue weighted by molar-refractivity contribution is 4.86. The third-order valence-electron chi connectivity index (χ3n) is 3.06. The van der Waals surface area contributed by atoms with Crippen molar-refractivity contribution >= 4 is 0 Å². The van der Waals surface area contributed by atoms with Crippen LogP contribution in [0.3, 0.4) is 0 Å². The van der Waals surface area contributed by atoms with Crippen LogP contribution in [0.1, 0.15) is 40.4 Å². The van der Waals surface area contributed by atoms with Crippen LogP contribution in [0.5, 0.6) is 0 Å². The molecule has 0 fully saturated rings. The third-order valence-corrected chi connectivity index (χ3v) is 3.06. The maximum atomic E-state index is 5.52. The lowest BCUT2D eigenvalue weighted by molar-refractivity contribution is 0.107. The van der Waals surface area contributed by atoms with Gasteiger partial charge in [0.25, 0.3) is 0 Å². The molecule has 0 saturated carbocycles. The van der Waals surface area contributed by atoms with E-state index in [0.29, 0.717) is 17.9 Å². The first-order chi connectivity index (χ1) is 9.04. The van der Waals surface area contributed by atoms with Gasteiger partial charge in [-0.05, 0) is 18.8 Å². The number of hydrogen-bond donors (Lipinski definition) is 1. The lowest BCUT2D eigenvalue weighted by Crippen LogP contribution is -2.38. The van der Waals surface area contributed by atoms with Gasteiger partial charge in [0.15, 0.2) is 0 Å². The van der Waals surface area contributed by atoms with Crippen molar-refractivity contribution in [2.45, 2.75) is 53.8 Å². The van der Waals surface area contributed by atoms with E-state index in [1.54, 1.807) is 6.33 Å². The Morgan fingerprint density at radius 3 is 2.63 bits per heavy atom. The van der Waals surface area contributed by atoms with Gasteiger partial charge in [0.2, 0.25) is 0 Å². The summed E-state index contributed by atoms with van der Waals surface area (Å²) in [4.78, 5) is 4.33. The van der Waals surface area contributed by atoms with Crippen LogP contribution in [0.4, 0.5) is 0 Å². The van der Waals surface area contributed by atoms with Gasteiger partial charge in [-0.15, -0.1) is 0 Å². The Bertz CT molecular complexity index is 349. The quantitative estimate of drug-likeness (QED) is 0.745. The van der Waals surface area contributed by atoms with Crippen molar-refractivity contribution in [3.05, 3.63) is 12.2 Å². The predicted octanol–water partition coefficient (Wildman–Crippen LogP) is 2.08. The van der Waals surface area contributed by atoms with E-state index in [1.807, 2.05) is 11.6 Å². The van der Waals surface area contributed by atoms with E-state index in [1.165, 1.54) is 0 Å². The minimum atomic E-state index is 0.351. The average molecular weight is 268 g/mol. The van der Waals surface area contributed by atoms with Gasteiger partial charge in [-0.1, -0.05) is 27.7 Å². The molecule has 1 unspecified atom stereocenters. The van der Waals surface area contributed by atoms with Crippen molar-refractivity contribution in [3.63, 3.8) is 0 Å². The molecule has 110 valence electrons. The minimum absolute atomic E-state index is 0.351. The van der Waals surface area contributed by atoms with E-state index in [4.69, 9.17) is 4.74 Å². The molecule has 0 aromatic carbocycles. The summed E-state index contributed by atoms with van der Waals surface area (Å²) in [6.45, 7) is 14.0. The summed E-state index contributed by atoms with van der Waals surface area (Å²) in [5.41, 5.74) is 0. The summed E-state index contributed by atoms with van der Waals surface area (Å²) in [6.07, 6.45) is 1.63. The highest BCUT2D eigenvalue weighted by atomic mass is 16.5. The van der Waals surface area contributed by atoms with Crippen molar-refractivity contribution in [1.29, 1.82) is 0 Å². The van der Waals surface area contributed by atoms with Crippen molar-refractivity contribution in [3.8, 4) is 0 Å². The second kappa shape index (κ2) is 8.27. The van der Waals surface area contributed by atoms with Gasteiger partial charge >= 0.3 is 0 Å². The molecule has 1 heterocycles. The maximum Gasteiger partial charge on any atom is 0.140 e. The average Bonchev–Trinajstić information content (AvgIpc) is 2.75. The Morgan fingerprint density at radius 1 is 1.32 bits per heavy atom. The molecule has 0 aliphatic heterocycles. The van der Waals surface area contributed by atoms with Gasteiger partial charge in [0.05, 0.1) is 13.2 Å². The summed E-state index contributed by atoms with van der Waals surface area (Å²) >= 11 is 0. The normalized spacial score (nSPS) is 13.4. The first-order valence-corrected chi connectivity index (χ1v) is 7.22. The predicted molar refractivity (Wildman–Crippen MR) is 76.8 cm³/mol. The zero-order valence-electron chi connectivity index (χ0n) is 12.9. The van der Waals surface area contributed by atoms with E-state index < -0.39 is 0 Å². The summed E-state index contributed by atoms with van der Waals surface area (Å²) in [6, 6.07) is 0.351. The number of nitrogens with one attached hydrogen (secondary N) is 1. The van der Waals surface area contributed by atoms with Crippen molar-refractivity contribution in [2.75, 3.05) is 13.2 Å². The first-order valence-electron chi connectivity index (χ1n) is 7.22. The lowest BCUT2D eigenvalue weighted by Gasteiger charge is -2.22. The van der Waals surface area contributed by atoms with E-state index in [0.717, 1.165) is 32.1 Å². The number of aromatic nitrogens is 3. The van der Waals surface area contributed by atoms with E-state index >= 15 is 0 Å². The Hall–Kier alpha value is -0.940. The second-order valence-electron chi connectivity index (χ2n) is 5.64. The molecule has 1 atom stereocenters. The van der Waals surface area contributed by atoms with E-state index in [9.17, 15) is 0 Å². The zero-order chi connectivity index (χ0) is 14.3. The molecular weight excluding hydrogens is 240 g/mol. The first kappa shape index (κ1) is 16.1. The Kier molecular flexibility index (Phi) is 7.02. The minimum Gasteiger partial charge on any atom is -0.380 e. The number of nitrogens with zero attached hydrogens (tertiary/aromatic N) is 3. The van der Waals surface area contributed by atoms with Crippen LogP contribution in [0, 0.1) is 11.8 Å². The molecule has 1 aromatic rings. The van der Waals surface area contributed by atoms with Crippen molar-refractivity contribution in [2.24, 2.45) is 11.8 Å². The molecule has 0 amide bonds. The molecule has 0 aliphatic carbocycles. The molecule has 0 radical (unpaired) electrons. The molecule has 0 aliphatic rings. The van der Waals surface area contributed by atoms with Crippen molar-refractivity contribution in [1.82, 2.24) is 20.1 Å². The van der Waals surface area contributed by atoms with Crippen LogP contribution in [0.2, 0.25) is 0 Å². The summed E-state index contributed by atoms with van der Waals surface area (Å²) in [5, 5.41) is 7.80. The number of rotatable bonds is 9. The topological polar surface area (TPSA) is 52.0 Å². The van der Waals surface area contributed by atoms with Crippen LogP contribution in [0.25, 0.3) is 0 Å². The molecule has 1 N–H and O–H groups in total. The van der Waals surface area contributed by atoms with Crippen LogP contribution in [0.15, 0.2) is 6.33 Å². The highest BCUT2D eigenvalue weighted by Gasteiger charge is 2.14. The number of ether oxygens (including phenoxy) is 1. The van der Waals surface area contributed by atoms with Crippen LogP contribution >= 0.6 is 0 Å². The summed E-state index contributed by atoms with van der Waals surface area (Å²) in [7, 11) is 0. The third kappa shape index (κ3) is 5.70. The zero-order valence-corrected chi connectivity index (χ0v) is 12.9. The molecule has 1 rings (SSSR count). The molecule has 0 bridgehead atoms. The second-order valence-corrected chi connectivity index (χ2v) is 5.64. The molecule has 5 heteroatoms. The van der Waals surface area contributed by atoms with Gasteiger partial charge in [-0.3, -0.25) is 0 Å². The molecule has 19 heavy (non-hydrogen) atoms. The Morgan fingerprint density at radius 2 is 2.05 bits per heavy atom. The largest absolute Gasteiger partial charge is 0.380 e. The van der Waals surface area contributed by atoms with Gasteiger partial charge in [-0.2, -0.15) is 5.10 Å². The van der Waals surface area contributed by atoms with Gasteiger partial charge in [-0.25, -0.2) is 9.67 Å². The fourth-order valence-corrected chi connectivity index (χ4v) is 1.88. The Labute approximate surface area is 116 Å². The molecule has 0 saturated heterocycles. The van der Waals surface area contributed by atoms with Gasteiger partial charge in [0.1, 0.15) is 12.2 Å². The monoisotopic (exact) mass is 268 g/mol.